The van der Waals surface area contributed by atoms with Gasteiger partial charge in [0.25, 0.3) is 5.91 Å². The Kier molecular flexibility index (Phi) is 5.03. The van der Waals surface area contributed by atoms with Gasteiger partial charge in [-0.25, -0.2) is 9.37 Å². The summed E-state index contributed by atoms with van der Waals surface area (Å²) >= 11 is 0. The Labute approximate surface area is 147 Å². The van der Waals surface area contributed by atoms with Gasteiger partial charge in [0.05, 0.1) is 6.04 Å². The summed E-state index contributed by atoms with van der Waals surface area (Å²) in [5, 5.41) is 2.93. The molecule has 1 aromatic heterocycles. The fourth-order valence-corrected chi connectivity index (χ4v) is 3.13. The number of halogens is 1. The molecule has 1 unspecified atom stereocenters. The topological polar surface area (TPSA) is 53.4 Å². The van der Waals surface area contributed by atoms with Gasteiger partial charge in [-0.15, -0.1) is 0 Å². The summed E-state index contributed by atoms with van der Waals surface area (Å²) < 4.78 is 15.5. The second-order valence-electron chi connectivity index (χ2n) is 6.55. The number of aryl methyl sites for hydroxylation is 1. The van der Waals surface area contributed by atoms with Gasteiger partial charge >= 0.3 is 0 Å². The maximum absolute atomic E-state index is 13.9. The molecule has 1 amide bonds. The highest BCUT2D eigenvalue weighted by atomic mass is 19.1. The minimum absolute atomic E-state index is 0.270. The van der Waals surface area contributed by atoms with E-state index in [2.05, 4.69) is 27.1 Å². The zero-order chi connectivity index (χ0) is 18.0. The molecule has 1 N–H and O–H groups in total. The number of carbonyl (C=O) groups excluding carboxylic acids is 1. The molecule has 0 bridgehead atoms. The summed E-state index contributed by atoms with van der Waals surface area (Å²) in [6.45, 7) is 5.56. The molecule has 3 rings (SSSR count). The number of nitrogens with one attached hydrogen (secondary N) is 1. The molecule has 1 saturated heterocycles. The number of aromatic nitrogens is 2. The summed E-state index contributed by atoms with van der Waals surface area (Å²) in [4.78, 5) is 21.0. The predicted molar refractivity (Wildman–Crippen MR) is 95.2 cm³/mol. The van der Waals surface area contributed by atoms with E-state index in [-0.39, 0.29) is 17.8 Å². The highest BCUT2D eigenvalue weighted by molar-refractivity contribution is 5.91. The molecule has 134 valence electrons. The number of anilines is 1. The average Bonchev–Trinajstić information content (AvgIpc) is 3.02. The maximum atomic E-state index is 13.9. The molecule has 7 heteroatoms. The Balaban J connectivity index is 1.81. The Morgan fingerprint density at radius 3 is 2.60 bits per heavy atom. The summed E-state index contributed by atoms with van der Waals surface area (Å²) in [6.07, 6.45) is 3.30. The number of hydrogen-bond donors (Lipinski definition) is 1. The molecule has 25 heavy (non-hydrogen) atoms. The molecule has 6 nitrogen and oxygen atoms in total. The van der Waals surface area contributed by atoms with Crippen molar-refractivity contribution >= 4 is 11.6 Å². The van der Waals surface area contributed by atoms with Crippen molar-refractivity contribution < 1.29 is 9.18 Å². The number of nitrogens with zero attached hydrogens (tertiary/aromatic N) is 4. The normalized spacial score (nSPS) is 16.7. The minimum atomic E-state index is -0.324. The number of rotatable bonds is 4. The Morgan fingerprint density at radius 1 is 1.24 bits per heavy atom. The molecule has 1 aromatic carbocycles. The number of carbonyl (C=O) groups is 1. The van der Waals surface area contributed by atoms with Gasteiger partial charge in [-0.05, 0) is 32.2 Å². The van der Waals surface area contributed by atoms with Gasteiger partial charge in [0.2, 0.25) is 0 Å². The van der Waals surface area contributed by atoms with Crippen LogP contribution in [0.25, 0.3) is 0 Å². The monoisotopic (exact) mass is 345 g/mol. The van der Waals surface area contributed by atoms with Crippen molar-refractivity contribution in [3.63, 3.8) is 0 Å². The molecule has 1 fully saturated rings. The zero-order valence-corrected chi connectivity index (χ0v) is 14.9. The standard InChI is InChI=1S/C18H24FN5O/c1-13(21-18(25)17-20-6-7-23(17)3)15-12-14(19)4-5-16(15)24-10-8-22(2)9-11-24/h4-7,12-13H,8-11H2,1-3H3,(H,21,25). The third kappa shape index (κ3) is 3.82. The Bertz CT molecular complexity index is 752. The van der Waals surface area contributed by atoms with Crippen LogP contribution >= 0.6 is 0 Å². The Hall–Kier alpha value is -2.41. The third-order valence-electron chi connectivity index (χ3n) is 4.67. The fourth-order valence-electron chi connectivity index (χ4n) is 3.13. The first-order chi connectivity index (χ1) is 12.0. The smallest absolute Gasteiger partial charge is 0.287 e. The van der Waals surface area contributed by atoms with E-state index in [0.717, 1.165) is 37.4 Å². The number of hydrogen-bond acceptors (Lipinski definition) is 4. The van der Waals surface area contributed by atoms with E-state index in [1.54, 1.807) is 30.1 Å². The minimum Gasteiger partial charge on any atom is -0.369 e. The largest absolute Gasteiger partial charge is 0.369 e. The van der Waals surface area contributed by atoms with Crippen molar-refractivity contribution in [3.05, 3.63) is 47.8 Å². The van der Waals surface area contributed by atoms with Gasteiger partial charge in [0, 0.05) is 56.9 Å². The van der Waals surface area contributed by atoms with E-state index in [0.29, 0.717) is 5.82 Å². The van der Waals surface area contributed by atoms with E-state index in [9.17, 15) is 9.18 Å². The fraction of sp³-hybridized carbons (Fsp3) is 0.444. The summed E-state index contributed by atoms with van der Waals surface area (Å²) in [6, 6.07) is 4.47. The van der Waals surface area contributed by atoms with Crippen LogP contribution in [-0.2, 0) is 7.05 Å². The second kappa shape index (κ2) is 7.23. The van der Waals surface area contributed by atoms with Crippen molar-refractivity contribution in [2.75, 3.05) is 38.1 Å². The van der Waals surface area contributed by atoms with Crippen LogP contribution in [0.2, 0.25) is 0 Å². The van der Waals surface area contributed by atoms with Crippen LogP contribution in [0.3, 0.4) is 0 Å². The number of likely N-dealkylation sites (N-methyl/N-ethyl adjacent to an activating group) is 1. The summed E-state index contributed by atoms with van der Waals surface area (Å²) in [7, 11) is 3.86. The highest BCUT2D eigenvalue weighted by Gasteiger charge is 2.22. The van der Waals surface area contributed by atoms with Gasteiger partial charge in [0.15, 0.2) is 5.82 Å². The molecule has 0 saturated carbocycles. The summed E-state index contributed by atoms with van der Waals surface area (Å²) in [5.41, 5.74) is 1.76. The molecule has 1 atom stereocenters. The van der Waals surface area contributed by atoms with E-state index in [1.165, 1.54) is 12.1 Å². The van der Waals surface area contributed by atoms with Gasteiger partial charge in [-0.3, -0.25) is 4.79 Å². The molecule has 1 aliphatic heterocycles. The second-order valence-corrected chi connectivity index (χ2v) is 6.55. The molecular weight excluding hydrogens is 321 g/mol. The van der Waals surface area contributed by atoms with E-state index >= 15 is 0 Å². The lowest BCUT2D eigenvalue weighted by atomic mass is 10.0. The van der Waals surface area contributed by atoms with E-state index < -0.39 is 0 Å². The molecular formula is C18H24FN5O. The zero-order valence-electron chi connectivity index (χ0n) is 14.9. The third-order valence-corrected chi connectivity index (χ3v) is 4.67. The van der Waals surface area contributed by atoms with Crippen molar-refractivity contribution in [1.82, 2.24) is 19.8 Å². The molecule has 0 radical (unpaired) electrons. The molecule has 0 aliphatic carbocycles. The highest BCUT2D eigenvalue weighted by Crippen LogP contribution is 2.28. The van der Waals surface area contributed by atoms with Crippen molar-refractivity contribution in [2.45, 2.75) is 13.0 Å². The number of imidazole rings is 1. The van der Waals surface area contributed by atoms with Crippen LogP contribution in [0.15, 0.2) is 30.6 Å². The van der Waals surface area contributed by atoms with Gasteiger partial charge in [-0.2, -0.15) is 0 Å². The van der Waals surface area contributed by atoms with E-state index in [4.69, 9.17) is 0 Å². The molecule has 2 heterocycles. The van der Waals surface area contributed by atoms with Crippen LogP contribution in [0.1, 0.15) is 29.1 Å². The first-order valence-corrected chi connectivity index (χ1v) is 8.47. The summed E-state index contributed by atoms with van der Waals surface area (Å²) in [5.74, 6) is -0.232. The molecule has 1 aliphatic rings. The molecule has 2 aromatic rings. The lowest BCUT2D eigenvalue weighted by Crippen LogP contribution is -2.45. The van der Waals surface area contributed by atoms with Gasteiger partial charge in [-0.1, -0.05) is 0 Å². The van der Waals surface area contributed by atoms with Crippen molar-refractivity contribution in [2.24, 2.45) is 7.05 Å². The maximum Gasteiger partial charge on any atom is 0.287 e. The molecule has 0 spiro atoms. The van der Waals surface area contributed by atoms with Crippen LogP contribution < -0.4 is 10.2 Å². The lowest BCUT2D eigenvalue weighted by Gasteiger charge is -2.36. The van der Waals surface area contributed by atoms with Gasteiger partial charge in [0.1, 0.15) is 5.82 Å². The van der Waals surface area contributed by atoms with Crippen LogP contribution in [-0.4, -0.2) is 53.6 Å². The SMILES string of the molecule is CC(NC(=O)c1nccn1C)c1cc(F)ccc1N1CCN(C)CC1. The number of piperazine rings is 1. The number of amides is 1. The number of benzene rings is 1. The first kappa shape index (κ1) is 17.4. The van der Waals surface area contributed by atoms with Crippen molar-refractivity contribution in [1.29, 1.82) is 0 Å². The van der Waals surface area contributed by atoms with Crippen molar-refractivity contribution in [3.8, 4) is 0 Å². The first-order valence-electron chi connectivity index (χ1n) is 8.47. The van der Waals surface area contributed by atoms with E-state index in [1.807, 2.05) is 6.92 Å². The Morgan fingerprint density at radius 2 is 1.96 bits per heavy atom. The quantitative estimate of drug-likeness (QED) is 0.918. The van der Waals surface area contributed by atoms with Crippen LogP contribution in [0, 0.1) is 5.82 Å². The van der Waals surface area contributed by atoms with Gasteiger partial charge < -0.3 is 19.7 Å². The average molecular weight is 345 g/mol. The van der Waals surface area contributed by atoms with Crippen LogP contribution in [0.5, 0.6) is 0 Å². The lowest BCUT2D eigenvalue weighted by molar-refractivity contribution is 0.0926. The predicted octanol–water partition coefficient (Wildman–Crippen LogP) is 1.80. The van der Waals surface area contributed by atoms with Crippen LogP contribution in [0.4, 0.5) is 10.1 Å².